The van der Waals surface area contributed by atoms with E-state index in [1.807, 2.05) is 4.40 Å². The van der Waals surface area contributed by atoms with Crippen LogP contribution in [0.3, 0.4) is 0 Å². The Morgan fingerprint density at radius 2 is 2.38 bits per heavy atom. The number of methoxy groups -OCH3 is 1. The Labute approximate surface area is 88.4 Å². The van der Waals surface area contributed by atoms with Gasteiger partial charge < -0.3 is 4.74 Å². The van der Waals surface area contributed by atoms with Crippen molar-refractivity contribution in [3.8, 4) is 5.75 Å². The van der Waals surface area contributed by atoms with Crippen molar-refractivity contribution in [2.45, 2.75) is 0 Å². The topological polar surface area (TPSA) is 26.5 Å². The molecule has 0 aromatic carbocycles. The molecule has 0 spiro atoms. The molecular formula is C8H6BrClN2O. The highest BCUT2D eigenvalue weighted by Gasteiger charge is 2.07. The lowest BCUT2D eigenvalue weighted by molar-refractivity contribution is 0.417. The van der Waals surface area contributed by atoms with Gasteiger partial charge in [0.25, 0.3) is 0 Å². The maximum Gasteiger partial charge on any atom is 0.180 e. The number of rotatable bonds is 1. The van der Waals surface area contributed by atoms with Gasteiger partial charge in [0.05, 0.1) is 18.3 Å². The molecule has 2 rings (SSSR count). The molecule has 68 valence electrons. The van der Waals surface area contributed by atoms with Crippen LogP contribution in [0.4, 0.5) is 0 Å². The molecule has 0 saturated heterocycles. The van der Waals surface area contributed by atoms with Crippen LogP contribution in [0.15, 0.2) is 23.1 Å². The molecule has 3 nitrogen and oxygen atoms in total. The molecule has 0 fully saturated rings. The summed E-state index contributed by atoms with van der Waals surface area (Å²) < 4.78 is 7.80. The summed E-state index contributed by atoms with van der Waals surface area (Å²) >= 11 is 9.23. The van der Waals surface area contributed by atoms with E-state index in [0.717, 1.165) is 10.3 Å². The summed E-state index contributed by atoms with van der Waals surface area (Å²) in [5.41, 5.74) is 0.749. The van der Waals surface area contributed by atoms with E-state index in [1.54, 1.807) is 25.6 Å². The highest BCUT2D eigenvalue weighted by atomic mass is 79.9. The van der Waals surface area contributed by atoms with Crippen LogP contribution in [0.5, 0.6) is 5.75 Å². The van der Waals surface area contributed by atoms with Crippen LogP contribution in [0.1, 0.15) is 0 Å². The van der Waals surface area contributed by atoms with E-state index in [4.69, 9.17) is 16.3 Å². The van der Waals surface area contributed by atoms with Crippen LogP contribution >= 0.6 is 27.5 Å². The minimum atomic E-state index is 0.614. The van der Waals surface area contributed by atoms with Gasteiger partial charge in [-0.1, -0.05) is 11.6 Å². The number of hydrogen-bond acceptors (Lipinski definition) is 2. The molecule has 0 aliphatic carbocycles. The zero-order valence-electron chi connectivity index (χ0n) is 6.79. The predicted molar refractivity (Wildman–Crippen MR) is 54.5 cm³/mol. The number of halogens is 2. The van der Waals surface area contributed by atoms with Crippen LogP contribution in [-0.4, -0.2) is 16.5 Å². The minimum absolute atomic E-state index is 0.614. The van der Waals surface area contributed by atoms with Gasteiger partial charge in [-0.3, -0.25) is 4.40 Å². The Kier molecular flexibility index (Phi) is 2.17. The van der Waals surface area contributed by atoms with Crippen molar-refractivity contribution < 1.29 is 4.74 Å². The molecule has 2 aromatic rings. The first-order chi connectivity index (χ1) is 6.22. The fraction of sp³-hybridized carbons (Fsp3) is 0.125. The summed E-state index contributed by atoms with van der Waals surface area (Å²) in [6.07, 6.45) is 3.48. The Balaban J connectivity index is 2.84. The second kappa shape index (κ2) is 3.20. The predicted octanol–water partition coefficient (Wildman–Crippen LogP) is 2.76. The van der Waals surface area contributed by atoms with Gasteiger partial charge in [0.1, 0.15) is 4.60 Å². The Bertz CT molecular complexity index is 455. The van der Waals surface area contributed by atoms with Crippen LogP contribution in [0, 0.1) is 0 Å². The lowest BCUT2D eigenvalue weighted by Crippen LogP contribution is -1.90. The standard InChI is InChI=1S/C8H6BrClN2O/c1-13-6-2-5(10)4-12-7(9)3-11-8(6)12/h2-4H,1H3. The molecule has 0 atom stereocenters. The largest absolute Gasteiger partial charge is 0.493 e. The number of hydrogen-bond donors (Lipinski definition) is 0. The molecule has 0 saturated carbocycles. The maximum atomic E-state index is 5.88. The molecular weight excluding hydrogens is 255 g/mol. The second-order valence-corrected chi connectivity index (χ2v) is 3.75. The fourth-order valence-electron chi connectivity index (χ4n) is 1.15. The van der Waals surface area contributed by atoms with Crippen molar-refractivity contribution >= 4 is 33.2 Å². The van der Waals surface area contributed by atoms with E-state index in [2.05, 4.69) is 20.9 Å². The molecule has 0 amide bonds. The summed E-state index contributed by atoms with van der Waals surface area (Å²) in [6, 6.07) is 1.73. The number of aromatic nitrogens is 2. The van der Waals surface area contributed by atoms with Crippen molar-refractivity contribution in [3.63, 3.8) is 0 Å². The third-order valence-electron chi connectivity index (χ3n) is 1.71. The number of ether oxygens (including phenoxy) is 1. The monoisotopic (exact) mass is 260 g/mol. The fourth-order valence-corrected chi connectivity index (χ4v) is 1.72. The average molecular weight is 262 g/mol. The normalized spacial score (nSPS) is 10.7. The number of pyridine rings is 1. The molecule has 5 heteroatoms. The Hall–Kier alpha value is -0.740. The Morgan fingerprint density at radius 1 is 1.62 bits per heavy atom. The Morgan fingerprint density at radius 3 is 3.08 bits per heavy atom. The summed E-state index contributed by atoms with van der Waals surface area (Å²) in [4.78, 5) is 4.16. The molecule has 2 aromatic heterocycles. The first kappa shape index (κ1) is 8.84. The molecule has 13 heavy (non-hydrogen) atoms. The van der Waals surface area contributed by atoms with Gasteiger partial charge in [-0.05, 0) is 15.9 Å². The van der Waals surface area contributed by atoms with E-state index in [0.29, 0.717) is 10.8 Å². The SMILES string of the molecule is COc1cc(Cl)cn2c(Br)cnc12. The lowest BCUT2D eigenvalue weighted by Gasteiger charge is -2.03. The van der Waals surface area contributed by atoms with Crippen molar-refractivity contribution in [2.24, 2.45) is 0 Å². The zero-order chi connectivity index (χ0) is 9.42. The molecule has 0 bridgehead atoms. The highest BCUT2D eigenvalue weighted by molar-refractivity contribution is 9.10. The van der Waals surface area contributed by atoms with E-state index in [-0.39, 0.29) is 0 Å². The molecule has 0 aliphatic heterocycles. The van der Waals surface area contributed by atoms with Crippen molar-refractivity contribution in [3.05, 3.63) is 28.1 Å². The van der Waals surface area contributed by atoms with Gasteiger partial charge in [0.2, 0.25) is 0 Å². The molecule has 0 aliphatic rings. The third-order valence-corrected chi connectivity index (χ3v) is 2.51. The molecule has 2 heterocycles. The number of fused-ring (bicyclic) bond motifs is 1. The van der Waals surface area contributed by atoms with Gasteiger partial charge in [0, 0.05) is 12.3 Å². The first-order valence-corrected chi connectivity index (χ1v) is 4.75. The minimum Gasteiger partial charge on any atom is -0.493 e. The van der Waals surface area contributed by atoms with Crippen LogP contribution in [0.25, 0.3) is 5.65 Å². The smallest absolute Gasteiger partial charge is 0.180 e. The van der Waals surface area contributed by atoms with Crippen molar-refractivity contribution in [1.82, 2.24) is 9.38 Å². The maximum absolute atomic E-state index is 5.88. The van der Waals surface area contributed by atoms with E-state index in [1.165, 1.54) is 0 Å². The van der Waals surface area contributed by atoms with Crippen LogP contribution < -0.4 is 4.74 Å². The van der Waals surface area contributed by atoms with E-state index < -0.39 is 0 Å². The molecule has 0 radical (unpaired) electrons. The quantitative estimate of drug-likeness (QED) is 0.789. The van der Waals surface area contributed by atoms with Crippen LogP contribution in [-0.2, 0) is 0 Å². The zero-order valence-corrected chi connectivity index (χ0v) is 9.13. The third kappa shape index (κ3) is 1.40. The van der Waals surface area contributed by atoms with E-state index >= 15 is 0 Å². The number of nitrogens with zero attached hydrogens (tertiary/aromatic N) is 2. The van der Waals surface area contributed by atoms with Gasteiger partial charge in [-0.2, -0.15) is 0 Å². The summed E-state index contributed by atoms with van der Waals surface area (Å²) in [5, 5.41) is 0.614. The van der Waals surface area contributed by atoms with Gasteiger partial charge in [0.15, 0.2) is 11.4 Å². The van der Waals surface area contributed by atoms with Gasteiger partial charge in [-0.15, -0.1) is 0 Å². The first-order valence-electron chi connectivity index (χ1n) is 3.58. The van der Waals surface area contributed by atoms with Crippen molar-refractivity contribution in [1.29, 1.82) is 0 Å². The second-order valence-electron chi connectivity index (χ2n) is 2.50. The van der Waals surface area contributed by atoms with Crippen LogP contribution in [0.2, 0.25) is 5.02 Å². The summed E-state index contributed by atoms with van der Waals surface area (Å²) in [6.45, 7) is 0. The molecule has 0 N–H and O–H groups in total. The summed E-state index contributed by atoms with van der Waals surface area (Å²) in [5.74, 6) is 0.665. The van der Waals surface area contributed by atoms with Gasteiger partial charge in [-0.25, -0.2) is 4.98 Å². The molecule has 0 unspecified atom stereocenters. The van der Waals surface area contributed by atoms with E-state index in [9.17, 15) is 0 Å². The highest BCUT2D eigenvalue weighted by Crippen LogP contribution is 2.25. The average Bonchev–Trinajstić information content (AvgIpc) is 2.47. The lowest BCUT2D eigenvalue weighted by atomic mass is 10.4. The van der Waals surface area contributed by atoms with Crippen molar-refractivity contribution in [2.75, 3.05) is 7.11 Å². The van der Waals surface area contributed by atoms with Gasteiger partial charge >= 0.3 is 0 Å². The number of imidazole rings is 1. The summed E-state index contributed by atoms with van der Waals surface area (Å²) in [7, 11) is 1.59.